The molecule has 0 unspecified atom stereocenters. The zero-order valence-electron chi connectivity index (χ0n) is 11.0. The molecule has 2 rings (SSSR count). The van der Waals surface area contributed by atoms with Crippen molar-refractivity contribution in [1.29, 1.82) is 0 Å². The minimum atomic E-state index is -0.398. The molecule has 0 saturated heterocycles. The number of rotatable bonds is 2. The van der Waals surface area contributed by atoms with Crippen molar-refractivity contribution in [1.82, 2.24) is 0 Å². The number of anilines is 3. The number of halogens is 3. The van der Waals surface area contributed by atoms with Crippen molar-refractivity contribution in [2.24, 2.45) is 0 Å². The lowest BCUT2D eigenvalue weighted by Crippen LogP contribution is -2.20. The van der Waals surface area contributed by atoms with Crippen LogP contribution in [0.2, 0.25) is 5.02 Å². The Labute approximate surface area is 144 Å². The number of hydrogen-bond acceptors (Lipinski definition) is 2. The number of nitrogens with two attached hydrogens (primary N) is 1. The smallest absolute Gasteiger partial charge is 0.323 e. The highest BCUT2D eigenvalue weighted by Gasteiger charge is 2.10. The van der Waals surface area contributed by atoms with Gasteiger partial charge < -0.3 is 16.4 Å². The molecule has 0 aliphatic heterocycles. The normalized spacial score (nSPS) is 10.3. The molecule has 2 amide bonds. The van der Waals surface area contributed by atoms with Gasteiger partial charge in [0.25, 0.3) is 0 Å². The van der Waals surface area contributed by atoms with Crippen LogP contribution >= 0.6 is 43.5 Å². The van der Waals surface area contributed by atoms with E-state index in [9.17, 15) is 4.79 Å². The number of hydrogen-bond donors (Lipinski definition) is 3. The lowest BCUT2D eigenvalue weighted by molar-refractivity contribution is 0.262. The summed E-state index contributed by atoms with van der Waals surface area (Å²) in [5.74, 6) is 0. The van der Waals surface area contributed by atoms with Crippen LogP contribution in [0.1, 0.15) is 5.56 Å². The van der Waals surface area contributed by atoms with Crippen molar-refractivity contribution in [2.75, 3.05) is 16.4 Å². The third-order valence-corrected chi connectivity index (χ3v) is 4.24. The van der Waals surface area contributed by atoms with E-state index in [0.29, 0.717) is 26.6 Å². The Bertz CT molecular complexity index is 684. The summed E-state index contributed by atoms with van der Waals surface area (Å²) in [6, 6.07) is 8.42. The SMILES string of the molecule is Cc1ccc(NC(=O)Nc2c(N)cc(Br)cc2Br)cc1Cl. The summed E-state index contributed by atoms with van der Waals surface area (Å²) < 4.78 is 1.51. The van der Waals surface area contributed by atoms with Crippen LogP contribution in [0.4, 0.5) is 21.9 Å². The zero-order valence-corrected chi connectivity index (χ0v) is 14.9. The molecule has 0 heterocycles. The van der Waals surface area contributed by atoms with Gasteiger partial charge in [-0.05, 0) is 52.7 Å². The first kappa shape index (κ1) is 16.1. The van der Waals surface area contributed by atoms with Crippen molar-refractivity contribution in [3.63, 3.8) is 0 Å². The molecule has 0 saturated carbocycles. The van der Waals surface area contributed by atoms with Gasteiger partial charge in [-0.2, -0.15) is 0 Å². The highest BCUT2D eigenvalue weighted by molar-refractivity contribution is 9.11. The van der Waals surface area contributed by atoms with Crippen LogP contribution in [0.5, 0.6) is 0 Å². The largest absolute Gasteiger partial charge is 0.397 e. The first-order valence-electron chi connectivity index (χ1n) is 5.95. The molecule has 0 aromatic heterocycles. The molecular formula is C14H12Br2ClN3O. The summed E-state index contributed by atoms with van der Waals surface area (Å²) in [6.45, 7) is 1.89. The van der Waals surface area contributed by atoms with Crippen molar-refractivity contribution in [3.05, 3.63) is 49.9 Å². The molecule has 0 aliphatic rings. The van der Waals surface area contributed by atoms with Crippen LogP contribution in [0, 0.1) is 6.92 Å². The lowest BCUT2D eigenvalue weighted by Gasteiger charge is -2.12. The van der Waals surface area contributed by atoms with Crippen LogP contribution in [-0.2, 0) is 0 Å². The van der Waals surface area contributed by atoms with E-state index in [2.05, 4.69) is 42.5 Å². The quantitative estimate of drug-likeness (QED) is 0.555. The van der Waals surface area contributed by atoms with Crippen molar-refractivity contribution < 1.29 is 4.79 Å². The summed E-state index contributed by atoms with van der Waals surface area (Å²) in [5.41, 5.74) is 8.40. The minimum Gasteiger partial charge on any atom is -0.397 e. The molecule has 110 valence electrons. The van der Waals surface area contributed by atoms with Gasteiger partial charge in [0.1, 0.15) is 0 Å². The monoisotopic (exact) mass is 431 g/mol. The van der Waals surface area contributed by atoms with Gasteiger partial charge in [0.2, 0.25) is 0 Å². The first-order chi connectivity index (χ1) is 9.86. The molecular weight excluding hydrogens is 421 g/mol. The highest BCUT2D eigenvalue weighted by Crippen LogP contribution is 2.32. The zero-order chi connectivity index (χ0) is 15.6. The Hall–Kier alpha value is -1.24. The molecule has 0 radical (unpaired) electrons. The second kappa shape index (κ2) is 6.68. The molecule has 21 heavy (non-hydrogen) atoms. The average Bonchev–Trinajstić information content (AvgIpc) is 2.38. The van der Waals surface area contributed by atoms with Crippen LogP contribution in [0.15, 0.2) is 39.3 Å². The Kier molecular flexibility index (Phi) is 5.13. The van der Waals surface area contributed by atoms with E-state index in [4.69, 9.17) is 17.3 Å². The lowest BCUT2D eigenvalue weighted by atomic mass is 10.2. The van der Waals surface area contributed by atoms with Gasteiger partial charge in [-0.3, -0.25) is 0 Å². The van der Waals surface area contributed by atoms with E-state index in [1.54, 1.807) is 24.3 Å². The minimum absolute atomic E-state index is 0.398. The molecule has 2 aromatic rings. The van der Waals surface area contributed by atoms with E-state index in [1.807, 2.05) is 13.0 Å². The van der Waals surface area contributed by atoms with E-state index < -0.39 is 6.03 Å². The predicted molar refractivity (Wildman–Crippen MR) is 95.1 cm³/mol. The molecule has 2 aromatic carbocycles. The maximum atomic E-state index is 12.0. The van der Waals surface area contributed by atoms with E-state index in [-0.39, 0.29) is 0 Å². The second-order valence-electron chi connectivity index (χ2n) is 4.39. The first-order valence-corrected chi connectivity index (χ1v) is 7.92. The van der Waals surface area contributed by atoms with Gasteiger partial charge in [0.05, 0.1) is 11.4 Å². The van der Waals surface area contributed by atoms with Gasteiger partial charge >= 0.3 is 6.03 Å². The maximum absolute atomic E-state index is 12.0. The van der Waals surface area contributed by atoms with Crippen LogP contribution < -0.4 is 16.4 Å². The van der Waals surface area contributed by atoms with E-state index in [0.717, 1.165) is 10.0 Å². The fourth-order valence-corrected chi connectivity index (χ4v) is 3.21. The van der Waals surface area contributed by atoms with Gasteiger partial charge in [0, 0.05) is 19.7 Å². The van der Waals surface area contributed by atoms with E-state index in [1.165, 1.54) is 0 Å². The number of carbonyl (C=O) groups is 1. The third kappa shape index (κ3) is 4.12. The molecule has 0 bridgehead atoms. The van der Waals surface area contributed by atoms with Crippen LogP contribution in [0.3, 0.4) is 0 Å². The summed E-state index contributed by atoms with van der Waals surface area (Å²) in [7, 11) is 0. The Morgan fingerprint density at radius 3 is 2.52 bits per heavy atom. The third-order valence-electron chi connectivity index (χ3n) is 2.75. The maximum Gasteiger partial charge on any atom is 0.323 e. The highest BCUT2D eigenvalue weighted by atomic mass is 79.9. The van der Waals surface area contributed by atoms with Crippen LogP contribution in [-0.4, -0.2) is 6.03 Å². The number of nitrogens with one attached hydrogen (secondary N) is 2. The summed E-state index contributed by atoms with van der Waals surface area (Å²) in [4.78, 5) is 12.0. The van der Waals surface area contributed by atoms with Gasteiger partial charge in [-0.15, -0.1) is 0 Å². The molecule has 7 heteroatoms. The summed E-state index contributed by atoms with van der Waals surface area (Å²) >= 11 is 12.7. The summed E-state index contributed by atoms with van der Waals surface area (Å²) in [6.07, 6.45) is 0. The molecule has 0 spiro atoms. The Morgan fingerprint density at radius 2 is 1.90 bits per heavy atom. The molecule has 0 atom stereocenters. The topological polar surface area (TPSA) is 67.2 Å². The Balaban J connectivity index is 2.13. The van der Waals surface area contributed by atoms with Crippen molar-refractivity contribution in [2.45, 2.75) is 6.92 Å². The number of aryl methyl sites for hydroxylation is 1. The molecule has 0 fully saturated rings. The van der Waals surface area contributed by atoms with Crippen LogP contribution in [0.25, 0.3) is 0 Å². The number of amides is 2. The second-order valence-corrected chi connectivity index (χ2v) is 6.57. The fourth-order valence-electron chi connectivity index (χ4n) is 1.67. The fraction of sp³-hybridized carbons (Fsp3) is 0.0714. The molecule has 4 N–H and O–H groups in total. The summed E-state index contributed by atoms with van der Waals surface area (Å²) in [5, 5.41) is 6.00. The Morgan fingerprint density at radius 1 is 1.19 bits per heavy atom. The number of urea groups is 1. The number of carbonyl (C=O) groups excluding carboxylic acids is 1. The van der Waals surface area contributed by atoms with Crippen molar-refractivity contribution >= 4 is 66.6 Å². The predicted octanol–water partition coefficient (Wildman–Crippen LogP) is 5.40. The average molecular weight is 434 g/mol. The van der Waals surface area contributed by atoms with Crippen molar-refractivity contribution in [3.8, 4) is 0 Å². The van der Waals surface area contributed by atoms with Gasteiger partial charge in [-0.25, -0.2) is 4.79 Å². The van der Waals surface area contributed by atoms with E-state index >= 15 is 0 Å². The molecule has 0 aliphatic carbocycles. The number of nitrogen functional groups attached to an aromatic ring is 1. The number of benzene rings is 2. The van der Waals surface area contributed by atoms with Gasteiger partial charge in [-0.1, -0.05) is 33.6 Å². The van der Waals surface area contributed by atoms with Gasteiger partial charge in [0.15, 0.2) is 0 Å². The standard InChI is InChI=1S/C14H12Br2ClN3O/c1-7-2-3-9(6-11(7)17)19-14(21)20-13-10(16)4-8(15)5-12(13)18/h2-6H,18H2,1H3,(H2,19,20,21). The molecule has 4 nitrogen and oxygen atoms in total.